The van der Waals surface area contributed by atoms with Crippen molar-refractivity contribution in [2.24, 2.45) is 0 Å². The predicted octanol–water partition coefficient (Wildman–Crippen LogP) is 1.22. The first kappa shape index (κ1) is 19.1. The van der Waals surface area contributed by atoms with Crippen LogP contribution in [0.15, 0.2) is 24.3 Å². The summed E-state index contributed by atoms with van der Waals surface area (Å²) in [5, 5.41) is 2.96. The lowest BCUT2D eigenvalue weighted by Crippen LogP contribution is -2.48. The Hall–Kier alpha value is -2.28. The average Bonchev–Trinajstić information content (AvgIpc) is 2.62. The highest BCUT2D eigenvalue weighted by Crippen LogP contribution is 2.26. The zero-order valence-electron chi connectivity index (χ0n) is 14.8. The van der Waals surface area contributed by atoms with Gasteiger partial charge in [-0.15, -0.1) is 0 Å². The van der Waals surface area contributed by atoms with Crippen molar-refractivity contribution in [1.82, 2.24) is 10.2 Å². The summed E-state index contributed by atoms with van der Waals surface area (Å²) in [5.41, 5.74) is 0. The smallest absolute Gasteiger partial charge is 0.258 e. The normalized spacial score (nSPS) is 14.9. The molecule has 1 N–H and O–H groups in total. The number of nitrogens with one attached hydrogen (secondary N) is 1. The van der Waals surface area contributed by atoms with Gasteiger partial charge in [-0.2, -0.15) is 0 Å². The fourth-order valence-electron chi connectivity index (χ4n) is 2.74. The molecule has 1 fully saturated rings. The molecule has 7 heteroatoms. The van der Waals surface area contributed by atoms with E-state index in [0.29, 0.717) is 31.2 Å². The number of amides is 2. The molecule has 25 heavy (non-hydrogen) atoms. The SMILES string of the molecule is CCOc1ccccc1OCC(=O)NC1CCN(C(=O)COC)CC1. The Kier molecular flexibility index (Phi) is 7.53. The van der Waals surface area contributed by atoms with Crippen molar-refractivity contribution >= 4 is 11.8 Å². The molecule has 0 unspecified atom stereocenters. The van der Waals surface area contributed by atoms with Crippen molar-refractivity contribution in [2.45, 2.75) is 25.8 Å². The number of para-hydroxylation sites is 2. The molecule has 1 aromatic carbocycles. The van der Waals surface area contributed by atoms with Gasteiger partial charge in [0, 0.05) is 26.2 Å². The van der Waals surface area contributed by atoms with E-state index in [-0.39, 0.29) is 31.1 Å². The van der Waals surface area contributed by atoms with Crippen molar-refractivity contribution in [3.05, 3.63) is 24.3 Å². The van der Waals surface area contributed by atoms with Crippen molar-refractivity contribution in [1.29, 1.82) is 0 Å². The largest absolute Gasteiger partial charge is 0.490 e. The van der Waals surface area contributed by atoms with Crippen LogP contribution in [0, 0.1) is 0 Å². The third-order valence-corrected chi connectivity index (χ3v) is 3.99. The van der Waals surface area contributed by atoms with Gasteiger partial charge in [0.2, 0.25) is 5.91 Å². The summed E-state index contributed by atoms with van der Waals surface area (Å²) in [5.74, 6) is 0.998. The van der Waals surface area contributed by atoms with Crippen LogP contribution in [0.4, 0.5) is 0 Å². The summed E-state index contributed by atoms with van der Waals surface area (Å²) in [6.07, 6.45) is 1.47. The highest BCUT2D eigenvalue weighted by Gasteiger charge is 2.23. The molecule has 1 heterocycles. The molecule has 0 spiro atoms. The lowest BCUT2D eigenvalue weighted by Gasteiger charge is -2.32. The second kappa shape index (κ2) is 9.88. The third kappa shape index (κ3) is 5.94. The maximum absolute atomic E-state index is 12.1. The van der Waals surface area contributed by atoms with Crippen LogP contribution in [0.2, 0.25) is 0 Å². The maximum Gasteiger partial charge on any atom is 0.258 e. The Morgan fingerprint density at radius 2 is 1.76 bits per heavy atom. The van der Waals surface area contributed by atoms with Crippen LogP contribution in [-0.4, -0.2) is 62.8 Å². The Balaban J connectivity index is 1.74. The molecule has 1 aromatic rings. The molecule has 0 aliphatic carbocycles. The number of hydrogen-bond acceptors (Lipinski definition) is 5. The fourth-order valence-corrected chi connectivity index (χ4v) is 2.74. The number of methoxy groups -OCH3 is 1. The van der Waals surface area contributed by atoms with Crippen molar-refractivity contribution in [3.63, 3.8) is 0 Å². The number of benzene rings is 1. The topological polar surface area (TPSA) is 77.1 Å². The molecule has 0 radical (unpaired) electrons. The molecule has 0 bridgehead atoms. The van der Waals surface area contributed by atoms with Crippen LogP contribution in [0.25, 0.3) is 0 Å². The van der Waals surface area contributed by atoms with Crippen molar-refractivity contribution in [3.8, 4) is 11.5 Å². The third-order valence-electron chi connectivity index (χ3n) is 3.99. The molecule has 0 aromatic heterocycles. The van der Waals surface area contributed by atoms with E-state index in [2.05, 4.69) is 5.32 Å². The Labute approximate surface area is 148 Å². The number of likely N-dealkylation sites (tertiary alicyclic amines) is 1. The summed E-state index contributed by atoms with van der Waals surface area (Å²) >= 11 is 0. The molecule has 138 valence electrons. The minimum Gasteiger partial charge on any atom is -0.490 e. The number of piperidine rings is 1. The zero-order chi connectivity index (χ0) is 18.1. The van der Waals surface area contributed by atoms with Gasteiger partial charge in [-0.1, -0.05) is 12.1 Å². The first-order valence-corrected chi connectivity index (χ1v) is 8.54. The second-order valence-corrected chi connectivity index (χ2v) is 5.82. The van der Waals surface area contributed by atoms with E-state index in [1.54, 1.807) is 11.0 Å². The van der Waals surface area contributed by atoms with Gasteiger partial charge in [0.1, 0.15) is 6.61 Å². The lowest BCUT2D eigenvalue weighted by atomic mass is 10.1. The van der Waals surface area contributed by atoms with Crippen molar-refractivity contribution in [2.75, 3.05) is 40.0 Å². The molecule has 7 nitrogen and oxygen atoms in total. The first-order valence-electron chi connectivity index (χ1n) is 8.54. The summed E-state index contributed by atoms with van der Waals surface area (Å²) in [7, 11) is 1.51. The highest BCUT2D eigenvalue weighted by molar-refractivity contribution is 5.78. The Morgan fingerprint density at radius 3 is 2.36 bits per heavy atom. The summed E-state index contributed by atoms with van der Waals surface area (Å²) in [6, 6.07) is 7.34. The second-order valence-electron chi connectivity index (χ2n) is 5.82. The molecular formula is C18H26N2O5. The van der Waals surface area contributed by atoms with Crippen LogP contribution in [-0.2, 0) is 14.3 Å². The highest BCUT2D eigenvalue weighted by atomic mass is 16.5. The molecule has 0 saturated carbocycles. The van der Waals surface area contributed by atoms with Gasteiger partial charge >= 0.3 is 0 Å². The zero-order valence-corrected chi connectivity index (χ0v) is 14.8. The number of ether oxygens (including phenoxy) is 3. The van der Waals surface area contributed by atoms with Crippen LogP contribution >= 0.6 is 0 Å². The van der Waals surface area contributed by atoms with Crippen LogP contribution < -0.4 is 14.8 Å². The molecule has 1 aliphatic heterocycles. The minimum atomic E-state index is -0.173. The monoisotopic (exact) mass is 350 g/mol. The quantitative estimate of drug-likeness (QED) is 0.763. The molecule has 1 aliphatic rings. The van der Waals surface area contributed by atoms with Crippen LogP contribution in [0.3, 0.4) is 0 Å². The average molecular weight is 350 g/mol. The van der Waals surface area contributed by atoms with E-state index in [9.17, 15) is 9.59 Å². The van der Waals surface area contributed by atoms with Crippen LogP contribution in [0.1, 0.15) is 19.8 Å². The van der Waals surface area contributed by atoms with E-state index >= 15 is 0 Å². The maximum atomic E-state index is 12.1. The molecular weight excluding hydrogens is 324 g/mol. The number of rotatable bonds is 8. The first-order chi connectivity index (χ1) is 12.1. The summed E-state index contributed by atoms with van der Waals surface area (Å²) in [6.45, 7) is 3.72. The number of nitrogens with zero attached hydrogens (tertiary/aromatic N) is 1. The van der Waals surface area contributed by atoms with Gasteiger partial charge in [-0.25, -0.2) is 0 Å². The van der Waals surface area contributed by atoms with E-state index in [1.165, 1.54) is 7.11 Å². The molecule has 1 saturated heterocycles. The van der Waals surface area contributed by atoms with E-state index in [4.69, 9.17) is 14.2 Å². The van der Waals surface area contributed by atoms with Gasteiger partial charge in [0.05, 0.1) is 6.61 Å². The standard InChI is InChI=1S/C18H26N2O5/c1-3-24-15-6-4-5-7-16(15)25-12-17(21)19-14-8-10-20(11-9-14)18(22)13-23-2/h4-7,14H,3,8-13H2,1-2H3,(H,19,21). The van der Waals surface area contributed by atoms with Gasteiger partial charge in [0.15, 0.2) is 18.1 Å². The van der Waals surface area contributed by atoms with Gasteiger partial charge < -0.3 is 24.4 Å². The minimum absolute atomic E-state index is 0.0110. The van der Waals surface area contributed by atoms with Gasteiger partial charge in [-0.05, 0) is 31.9 Å². The molecule has 0 atom stereocenters. The van der Waals surface area contributed by atoms with Crippen LogP contribution in [0.5, 0.6) is 11.5 Å². The predicted molar refractivity (Wildman–Crippen MR) is 92.7 cm³/mol. The number of carbonyl (C=O) groups excluding carboxylic acids is 2. The summed E-state index contributed by atoms with van der Waals surface area (Å²) in [4.78, 5) is 25.6. The fraction of sp³-hybridized carbons (Fsp3) is 0.556. The number of hydrogen-bond donors (Lipinski definition) is 1. The van der Waals surface area contributed by atoms with Gasteiger partial charge in [-0.3, -0.25) is 9.59 Å². The van der Waals surface area contributed by atoms with Crippen molar-refractivity contribution < 1.29 is 23.8 Å². The van der Waals surface area contributed by atoms with E-state index < -0.39 is 0 Å². The molecule has 2 amide bonds. The number of carbonyl (C=O) groups is 2. The molecule has 2 rings (SSSR count). The summed E-state index contributed by atoms with van der Waals surface area (Å²) < 4.78 is 15.9. The van der Waals surface area contributed by atoms with E-state index in [1.807, 2.05) is 25.1 Å². The van der Waals surface area contributed by atoms with E-state index in [0.717, 1.165) is 12.8 Å². The van der Waals surface area contributed by atoms with Gasteiger partial charge in [0.25, 0.3) is 5.91 Å². The Bertz CT molecular complexity index is 570. The lowest BCUT2D eigenvalue weighted by molar-refractivity contribution is -0.136. The Morgan fingerprint density at radius 1 is 1.12 bits per heavy atom.